The lowest BCUT2D eigenvalue weighted by Crippen LogP contribution is -2.02. The summed E-state index contributed by atoms with van der Waals surface area (Å²) in [7, 11) is 0. The average molecular weight is 253 g/mol. The molecule has 0 aliphatic heterocycles. The van der Waals surface area contributed by atoms with Crippen molar-refractivity contribution in [3.63, 3.8) is 0 Å². The molecule has 0 bridgehead atoms. The Hall–Kier alpha value is -1.96. The fraction of sp³-hybridized carbons (Fsp3) is 0.294. The van der Waals surface area contributed by atoms with Crippen LogP contribution in [-0.4, -0.2) is 18.0 Å². The van der Waals surface area contributed by atoms with Crippen LogP contribution in [0.4, 0.5) is 0 Å². The third-order valence-electron chi connectivity index (χ3n) is 3.32. The van der Waals surface area contributed by atoms with Crippen LogP contribution in [-0.2, 0) is 0 Å². The van der Waals surface area contributed by atoms with E-state index in [1.165, 1.54) is 0 Å². The molecule has 2 rings (SSSR count). The zero-order valence-corrected chi connectivity index (χ0v) is 11.5. The van der Waals surface area contributed by atoms with Gasteiger partial charge in [-0.05, 0) is 24.1 Å². The number of hydrogen-bond acceptors (Lipinski definition) is 2. The highest BCUT2D eigenvalue weighted by molar-refractivity contribution is 6.12. The first-order valence-electron chi connectivity index (χ1n) is 6.75. The van der Waals surface area contributed by atoms with E-state index >= 15 is 0 Å². The molecule has 2 aromatic rings. The van der Waals surface area contributed by atoms with Crippen LogP contribution in [0.2, 0.25) is 0 Å². The van der Waals surface area contributed by atoms with Gasteiger partial charge in [-0.3, -0.25) is 9.79 Å². The van der Waals surface area contributed by atoms with Gasteiger partial charge in [-0.25, -0.2) is 0 Å². The fourth-order valence-electron chi connectivity index (χ4n) is 2.00. The fourth-order valence-corrected chi connectivity index (χ4v) is 2.00. The van der Waals surface area contributed by atoms with Crippen LogP contribution in [0.25, 0.3) is 10.8 Å². The number of carbonyl (C=O) groups excluding carboxylic acids is 1. The maximum absolute atomic E-state index is 12.2. The van der Waals surface area contributed by atoms with E-state index in [1.54, 1.807) is 6.21 Å². The van der Waals surface area contributed by atoms with Gasteiger partial charge in [-0.15, -0.1) is 0 Å². The standard InChI is InChI=1S/C17H19NO/c1-3-13(2)18-12-11-17(19)16-10-6-8-14-7-4-5-9-15(14)16/h4-10,12-13H,3,11H2,1-2H3. The number of nitrogens with zero attached hydrogens (tertiary/aromatic N) is 1. The van der Waals surface area contributed by atoms with Crippen molar-refractivity contribution < 1.29 is 4.79 Å². The normalized spacial score (nSPS) is 12.9. The minimum Gasteiger partial charge on any atom is -0.294 e. The summed E-state index contributed by atoms with van der Waals surface area (Å²) >= 11 is 0. The summed E-state index contributed by atoms with van der Waals surface area (Å²) in [6.45, 7) is 4.15. The monoisotopic (exact) mass is 253 g/mol. The molecular weight excluding hydrogens is 234 g/mol. The van der Waals surface area contributed by atoms with Crippen molar-refractivity contribution in [1.29, 1.82) is 0 Å². The summed E-state index contributed by atoms with van der Waals surface area (Å²) in [5.74, 6) is 0.129. The topological polar surface area (TPSA) is 29.4 Å². The van der Waals surface area contributed by atoms with Gasteiger partial charge in [0.1, 0.15) is 0 Å². The molecule has 0 aromatic heterocycles. The second-order valence-corrected chi connectivity index (χ2v) is 4.74. The number of rotatable bonds is 5. The molecule has 0 radical (unpaired) electrons. The molecule has 98 valence electrons. The highest BCUT2D eigenvalue weighted by Gasteiger charge is 2.08. The summed E-state index contributed by atoms with van der Waals surface area (Å²) < 4.78 is 0. The van der Waals surface area contributed by atoms with Gasteiger partial charge < -0.3 is 0 Å². The van der Waals surface area contributed by atoms with Crippen LogP contribution in [0.15, 0.2) is 47.5 Å². The van der Waals surface area contributed by atoms with E-state index < -0.39 is 0 Å². The summed E-state index contributed by atoms with van der Waals surface area (Å²) in [6, 6.07) is 14.1. The highest BCUT2D eigenvalue weighted by atomic mass is 16.1. The molecule has 0 amide bonds. The molecule has 0 heterocycles. The van der Waals surface area contributed by atoms with Crippen molar-refractivity contribution in [2.75, 3.05) is 0 Å². The Labute approximate surface area is 114 Å². The number of benzene rings is 2. The van der Waals surface area contributed by atoms with Gasteiger partial charge in [0, 0.05) is 24.2 Å². The van der Waals surface area contributed by atoms with E-state index in [-0.39, 0.29) is 5.78 Å². The Balaban J connectivity index is 2.20. The Morgan fingerprint density at radius 3 is 2.74 bits per heavy atom. The maximum atomic E-state index is 12.2. The van der Waals surface area contributed by atoms with E-state index in [9.17, 15) is 4.79 Å². The predicted molar refractivity (Wildman–Crippen MR) is 81.1 cm³/mol. The molecule has 0 saturated heterocycles. The summed E-state index contributed by atoms with van der Waals surface area (Å²) in [5.41, 5.74) is 0.786. The first-order valence-corrected chi connectivity index (χ1v) is 6.75. The van der Waals surface area contributed by atoms with Gasteiger partial charge >= 0.3 is 0 Å². The summed E-state index contributed by atoms with van der Waals surface area (Å²) in [6.07, 6.45) is 3.12. The lowest BCUT2D eigenvalue weighted by atomic mass is 10.0. The van der Waals surface area contributed by atoms with E-state index in [0.717, 1.165) is 22.8 Å². The van der Waals surface area contributed by atoms with Crippen molar-refractivity contribution in [1.82, 2.24) is 0 Å². The molecule has 0 spiro atoms. The Morgan fingerprint density at radius 2 is 1.95 bits per heavy atom. The molecule has 2 nitrogen and oxygen atoms in total. The highest BCUT2D eigenvalue weighted by Crippen LogP contribution is 2.19. The summed E-state index contributed by atoms with van der Waals surface area (Å²) in [4.78, 5) is 16.6. The lowest BCUT2D eigenvalue weighted by molar-refractivity contribution is 0.100. The molecule has 1 unspecified atom stereocenters. The van der Waals surface area contributed by atoms with E-state index in [4.69, 9.17) is 0 Å². The zero-order chi connectivity index (χ0) is 13.7. The molecule has 0 saturated carbocycles. The van der Waals surface area contributed by atoms with Crippen LogP contribution in [0, 0.1) is 0 Å². The molecule has 0 aliphatic carbocycles. The van der Waals surface area contributed by atoms with Crippen LogP contribution in [0.3, 0.4) is 0 Å². The van der Waals surface area contributed by atoms with E-state index in [0.29, 0.717) is 12.5 Å². The molecule has 0 aliphatic rings. The third-order valence-corrected chi connectivity index (χ3v) is 3.32. The van der Waals surface area contributed by atoms with Crippen molar-refractivity contribution in [2.45, 2.75) is 32.7 Å². The quantitative estimate of drug-likeness (QED) is 0.577. The second kappa shape index (κ2) is 6.28. The Kier molecular flexibility index (Phi) is 4.45. The molecule has 1 atom stereocenters. The van der Waals surface area contributed by atoms with Gasteiger partial charge in [0.25, 0.3) is 0 Å². The molecular formula is C17H19NO. The van der Waals surface area contributed by atoms with Gasteiger partial charge in [0.15, 0.2) is 5.78 Å². The van der Waals surface area contributed by atoms with Gasteiger partial charge in [-0.1, -0.05) is 49.4 Å². The van der Waals surface area contributed by atoms with Crippen molar-refractivity contribution in [3.8, 4) is 0 Å². The van der Waals surface area contributed by atoms with Crippen LogP contribution < -0.4 is 0 Å². The third kappa shape index (κ3) is 3.28. The smallest absolute Gasteiger partial charge is 0.168 e. The second-order valence-electron chi connectivity index (χ2n) is 4.74. The number of fused-ring (bicyclic) bond motifs is 1. The van der Waals surface area contributed by atoms with Gasteiger partial charge in [0.2, 0.25) is 0 Å². The maximum Gasteiger partial charge on any atom is 0.168 e. The van der Waals surface area contributed by atoms with Crippen LogP contribution in [0.1, 0.15) is 37.0 Å². The Bertz CT molecular complexity index is 596. The van der Waals surface area contributed by atoms with Crippen molar-refractivity contribution >= 4 is 22.8 Å². The first kappa shape index (κ1) is 13.5. The molecule has 2 aromatic carbocycles. The number of ketones is 1. The molecule has 2 heteroatoms. The molecule has 19 heavy (non-hydrogen) atoms. The van der Waals surface area contributed by atoms with E-state index in [2.05, 4.69) is 18.8 Å². The minimum absolute atomic E-state index is 0.129. The SMILES string of the molecule is CCC(C)N=CCC(=O)c1cccc2ccccc12. The average Bonchev–Trinajstić information content (AvgIpc) is 2.46. The molecule has 0 N–H and O–H groups in total. The van der Waals surface area contributed by atoms with E-state index in [1.807, 2.05) is 42.5 Å². The number of Topliss-reactive ketones (excluding diaryl/α,β-unsaturated/α-hetero) is 1. The number of hydrogen-bond donors (Lipinski definition) is 0. The summed E-state index contributed by atoms with van der Waals surface area (Å²) in [5, 5.41) is 2.12. The minimum atomic E-state index is 0.129. The number of carbonyl (C=O) groups is 1. The zero-order valence-electron chi connectivity index (χ0n) is 11.5. The Morgan fingerprint density at radius 1 is 1.21 bits per heavy atom. The first-order chi connectivity index (χ1) is 9.22. The molecule has 0 fully saturated rings. The number of aliphatic imine (C=N–C) groups is 1. The van der Waals surface area contributed by atoms with Crippen molar-refractivity contribution in [3.05, 3.63) is 48.0 Å². The largest absolute Gasteiger partial charge is 0.294 e. The van der Waals surface area contributed by atoms with Gasteiger partial charge in [0.05, 0.1) is 0 Å². The predicted octanol–water partition coefficient (Wildman–Crippen LogP) is 4.28. The van der Waals surface area contributed by atoms with Crippen LogP contribution >= 0.6 is 0 Å². The van der Waals surface area contributed by atoms with Crippen LogP contribution in [0.5, 0.6) is 0 Å². The van der Waals surface area contributed by atoms with Gasteiger partial charge in [-0.2, -0.15) is 0 Å². The lowest BCUT2D eigenvalue weighted by Gasteiger charge is -2.04. The van der Waals surface area contributed by atoms with Crippen molar-refractivity contribution in [2.24, 2.45) is 4.99 Å².